The molecule has 55 heavy (non-hydrogen) atoms. The fraction of sp³-hybridized carbons (Fsp3) is 0.0833. The zero-order valence-electron chi connectivity index (χ0n) is 28.4. The number of nitrogen functional groups attached to an aromatic ring is 1. The van der Waals surface area contributed by atoms with E-state index in [1.807, 2.05) is 13.0 Å². The molecule has 0 atom stereocenters. The van der Waals surface area contributed by atoms with Crippen LogP contribution in [0.15, 0.2) is 91.5 Å². The lowest BCUT2D eigenvalue weighted by Gasteiger charge is -2.13. The minimum Gasteiger partial charge on any atom is -0.406 e. The summed E-state index contributed by atoms with van der Waals surface area (Å²) in [5.74, 6) is -3.35. The normalized spacial score (nSPS) is 10.9. The van der Waals surface area contributed by atoms with Crippen LogP contribution in [0.3, 0.4) is 0 Å². The van der Waals surface area contributed by atoms with Crippen LogP contribution in [0, 0.1) is 19.7 Å². The van der Waals surface area contributed by atoms with E-state index in [-0.39, 0.29) is 24.0 Å². The van der Waals surface area contributed by atoms with Gasteiger partial charge in [-0.3, -0.25) is 24.4 Å². The second kappa shape index (κ2) is 16.8. The summed E-state index contributed by atoms with van der Waals surface area (Å²) in [6.07, 6.45) is 1.27. The molecule has 19 heteroatoms. The van der Waals surface area contributed by atoms with E-state index in [4.69, 9.17) is 5.73 Å². The molecule has 0 aliphatic rings. The van der Waals surface area contributed by atoms with Gasteiger partial charge in [0.05, 0.1) is 15.3 Å². The minimum atomic E-state index is -4.99. The predicted molar refractivity (Wildman–Crippen MR) is 206 cm³/mol. The highest BCUT2D eigenvalue weighted by Gasteiger charge is 2.31. The van der Waals surface area contributed by atoms with Crippen molar-refractivity contribution in [2.45, 2.75) is 20.2 Å². The Morgan fingerprint density at radius 2 is 1.20 bits per heavy atom. The number of aryl methyl sites for hydroxylation is 2. The van der Waals surface area contributed by atoms with Gasteiger partial charge >= 0.3 is 6.36 Å². The van der Waals surface area contributed by atoms with E-state index in [0.717, 1.165) is 33.3 Å². The van der Waals surface area contributed by atoms with Crippen LogP contribution in [0.4, 0.5) is 40.3 Å². The molecule has 0 fully saturated rings. The van der Waals surface area contributed by atoms with Crippen LogP contribution in [0.2, 0.25) is 0 Å². The van der Waals surface area contributed by atoms with Gasteiger partial charge in [-0.15, -0.1) is 48.3 Å². The number of thiophene rings is 2. The van der Waals surface area contributed by atoms with Gasteiger partial charge in [-0.05, 0) is 79.6 Å². The van der Waals surface area contributed by atoms with Crippen molar-refractivity contribution in [2.24, 2.45) is 0 Å². The number of carbonyl (C=O) groups excluding carboxylic acids is 3. The number of aromatic nitrogens is 4. The summed E-state index contributed by atoms with van der Waals surface area (Å²) in [4.78, 5) is 56.4. The van der Waals surface area contributed by atoms with Crippen molar-refractivity contribution >= 4 is 96.2 Å². The number of nitrogens with one attached hydrogen (secondary N) is 3. The number of amides is 3. The highest BCUT2D eigenvalue weighted by Crippen LogP contribution is 2.28. The third-order valence-electron chi connectivity index (χ3n) is 7.45. The van der Waals surface area contributed by atoms with Gasteiger partial charge in [-0.1, -0.05) is 12.1 Å². The first-order valence-corrected chi connectivity index (χ1v) is 17.2. The first kappa shape index (κ1) is 40.0. The number of rotatable bonds is 7. The zero-order chi connectivity index (χ0) is 38.6. The van der Waals surface area contributed by atoms with Gasteiger partial charge < -0.3 is 26.4 Å². The van der Waals surface area contributed by atoms with Crippen molar-refractivity contribution in [1.82, 2.24) is 19.9 Å². The van der Waals surface area contributed by atoms with E-state index in [9.17, 15) is 31.9 Å². The molecule has 0 saturated heterocycles. The average molecular weight is 811 g/mol. The van der Waals surface area contributed by atoms with E-state index in [2.05, 4.69) is 40.6 Å². The molecule has 0 spiro atoms. The van der Waals surface area contributed by atoms with Gasteiger partial charge in [0.15, 0.2) is 0 Å². The maximum absolute atomic E-state index is 14.1. The van der Waals surface area contributed by atoms with Gasteiger partial charge in [0.25, 0.3) is 17.7 Å². The van der Waals surface area contributed by atoms with Crippen molar-refractivity contribution < 1.29 is 36.7 Å². The average Bonchev–Trinajstić information content (AvgIpc) is 3.77. The molecule has 12 nitrogen and oxygen atoms in total. The van der Waals surface area contributed by atoms with Crippen LogP contribution in [-0.2, 0) is 0 Å². The summed E-state index contributed by atoms with van der Waals surface area (Å²) in [6, 6.07) is 15.4. The van der Waals surface area contributed by atoms with Crippen LogP contribution >= 0.6 is 35.1 Å². The molecule has 282 valence electrons. The second-order valence-corrected chi connectivity index (χ2v) is 13.4. The topological polar surface area (TPSA) is 174 Å². The van der Waals surface area contributed by atoms with Gasteiger partial charge in [0.1, 0.15) is 32.3 Å². The number of anilines is 4. The number of nitrogens with two attached hydrogens (primary N) is 1. The maximum atomic E-state index is 14.1. The molecule has 7 aromatic rings. The Morgan fingerprint density at radius 1 is 0.673 bits per heavy atom. The fourth-order valence-corrected chi connectivity index (χ4v) is 6.52. The Kier molecular flexibility index (Phi) is 12.2. The van der Waals surface area contributed by atoms with Crippen LogP contribution in [-0.4, -0.2) is 44.0 Å². The lowest BCUT2D eigenvalue weighted by atomic mass is 10.1. The molecule has 3 aromatic carbocycles. The molecule has 0 radical (unpaired) electrons. The van der Waals surface area contributed by atoms with E-state index >= 15 is 0 Å². The van der Waals surface area contributed by atoms with Gasteiger partial charge in [-0.2, -0.15) is 0 Å². The molecule has 0 saturated carbocycles. The van der Waals surface area contributed by atoms with E-state index in [0.29, 0.717) is 54.9 Å². The Bertz CT molecular complexity index is 2480. The first-order chi connectivity index (χ1) is 25.7. The Hall–Kier alpha value is -6.24. The van der Waals surface area contributed by atoms with E-state index < -0.39 is 35.3 Å². The van der Waals surface area contributed by atoms with Crippen molar-refractivity contribution in [3.05, 3.63) is 124 Å². The third-order valence-corrected chi connectivity index (χ3v) is 9.51. The molecule has 0 aliphatic heterocycles. The summed E-state index contributed by atoms with van der Waals surface area (Å²) >= 11 is 2.48. The molecular weight excluding hydrogens is 784 g/mol. The highest BCUT2D eigenvalue weighted by molar-refractivity contribution is 7.20. The Labute approximate surface area is 323 Å². The Balaban J connectivity index is 0.000000235. The van der Waals surface area contributed by atoms with Crippen LogP contribution in [0.1, 0.15) is 40.8 Å². The molecular formula is C36H27ClF4N8O4S2. The van der Waals surface area contributed by atoms with Crippen LogP contribution in [0.25, 0.3) is 20.7 Å². The minimum absolute atomic E-state index is 0. The quantitative estimate of drug-likeness (QED) is 0.0906. The molecule has 4 heterocycles. The van der Waals surface area contributed by atoms with Gasteiger partial charge in [0.2, 0.25) is 0 Å². The molecule has 0 aliphatic carbocycles. The van der Waals surface area contributed by atoms with Gasteiger partial charge in [0, 0.05) is 47.5 Å². The van der Waals surface area contributed by atoms with Crippen molar-refractivity contribution in [1.29, 1.82) is 0 Å². The predicted octanol–water partition coefficient (Wildman–Crippen LogP) is 8.80. The molecule has 4 aromatic heterocycles. The molecule has 7 rings (SSSR count). The summed E-state index contributed by atoms with van der Waals surface area (Å²) in [6.45, 7) is 3.65. The number of nitrogens with zero attached hydrogens (tertiary/aromatic N) is 4. The number of benzene rings is 3. The third kappa shape index (κ3) is 10.0. The molecule has 0 bridgehead atoms. The monoisotopic (exact) mass is 810 g/mol. The summed E-state index contributed by atoms with van der Waals surface area (Å²) in [5, 5.41) is 8.00. The summed E-state index contributed by atoms with van der Waals surface area (Å²) in [7, 11) is 0. The number of halogens is 5. The number of carbonyl (C=O) groups is 3. The van der Waals surface area contributed by atoms with Crippen molar-refractivity contribution in [3.8, 4) is 5.75 Å². The smallest absolute Gasteiger partial charge is 0.406 e. The number of fused-ring (bicyclic) bond motifs is 2. The summed E-state index contributed by atoms with van der Waals surface area (Å²) < 4.78 is 55.1. The maximum Gasteiger partial charge on any atom is 0.573 e. The number of hydrogen-bond donors (Lipinski definition) is 4. The van der Waals surface area contributed by atoms with Crippen molar-refractivity contribution in [2.75, 3.05) is 21.7 Å². The molecule has 3 amide bonds. The van der Waals surface area contributed by atoms with Crippen LogP contribution in [0.5, 0.6) is 5.75 Å². The standard InChI is InChI=1S/C22H14F4N4O3S.C14H12N4OS.ClH/c1-11-2-3-12(29-19(31)14-9-13(4-5-15(14)23)33-22(24,25)26)8-16(11)30-20(32)18-10-17-21(34-18)28-7-6-27-17;1-8-2-3-9(15)6-10(8)18-13(19)12-7-11-14(20-12)17-5-4-16-11;/h2-10H,1H3,(H,29,31)(H,30,32);2-7H,15H2,1H3,(H,18,19);1H. The number of alkyl halides is 3. The summed E-state index contributed by atoms with van der Waals surface area (Å²) in [5.41, 5.74) is 9.93. The second-order valence-electron chi connectivity index (χ2n) is 11.4. The van der Waals surface area contributed by atoms with E-state index in [1.54, 1.807) is 49.6 Å². The van der Waals surface area contributed by atoms with Crippen molar-refractivity contribution in [3.63, 3.8) is 0 Å². The van der Waals surface area contributed by atoms with Crippen LogP contribution < -0.4 is 26.4 Å². The molecule has 0 unspecified atom stereocenters. The number of ether oxygens (including phenoxy) is 1. The largest absolute Gasteiger partial charge is 0.573 e. The highest BCUT2D eigenvalue weighted by atomic mass is 35.5. The number of hydrogen-bond acceptors (Lipinski definition) is 11. The Morgan fingerprint density at radius 3 is 1.75 bits per heavy atom. The van der Waals surface area contributed by atoms with E-state index in [1.165, 1.54) is 35.9 Å². The van der Waals surface area contributed by atoms with Gasteiger partial charge in [-0.25, -0.2) is 14.4 Å². The SMILES string of the molecule is Cc1ccc(N)cc1NC(=O)c1cc2nccnc2s1.Cc1ccc(NC(=O)c2cc(OC(F)(F)F)ccc2F)cc1NC(=O)c1cc2nccnc2s1.Cl. The lowest BCUT2D eigenvalue weighted by molar-refractivity contribution is -0.274. The fourth-order valence-electron chi connectivity index (χ4n) is 4.82. The lowest BCUT2D eigenvalue weighted by Crippen LogP contribution is -2.19. The first-order valence-electron chi connectivity index (χ1n) is 15.6. The molecule has 5 N–H and O–H groups in total. The zero-order valence-corrected chi connectivity index (χ0v) is 30.8.